The van der Waals surface area contributed by atoms with Crippen LogP contribution in [0.2, 0.25) is 0 Å². The summed E-state index contributed by atoms with van der Waals surface area (Å²) < 4.78 is 12.9. The number of rotatable bonds is 4. The van der Waals surface area contributed by atoms with E-state index in [0.717, 1.165) is 54.6 Å². The summed E-state index contributed by atoms with van der Waals surface area (Å²) in [5.41, 5.74) is -1.46. The van der Waals surface area contributed by atoms with Crippen molar-refractivity contribution in [2.45, 2.75) is 87.7 Å². The van der Waals surface area contributed by atoms with Crippen LogP contribution in [0.15, 0.2) is 89.0 Å². The number of benzene rings is 2. The quantitative estimate of drug-likeness (QED) is 0.202. The molecule has 12 nitrogen and oxygen atoms in total. The van der Waals surface area contributed by atoms with E-state index in [2.05, 4.69) is 16.7 Å². The van der Waals surface area contributed by atoms with Gasteiger partial charge >= 0.3 is 0 Å². The Hall–Kier alpha value is -3.60. The Bertz CT molecular complexity index is 2240. The Labute approximate surface area is 350 Å². The maximum absolute atomic E-state index is 15.3. The molecule has 0 aromatic heterocycles. The van der Waals surface area contributed by atoms with Gasteiger partial charge in [-0.1, -0.05) is 70.5 Å². The Morgan fingerprint density at radius 2 is 1.78 bits per heavy atom. The van der Waals surface area contributed by atoms with Crippen molar-refractivity contribution < 1.29 is 49.7 Å². The van der Waals surface area contributed by atoms with Crippen molar-refractivity contribution in [2.75, 3.05) is 24.8 Å². The standard InChI is InChI=1S/C45H50N2O10S2/c48-20-25-5-1-4-24(14-25)15-26-16-31-37(51)29-7-2-8-32-36(29)38(52)44(31,34(50)17-26)22-58-59-23-47-35-18-30-27(19-46-35)9-10-28-6-3-12-43(28,30)33-11-13-42(21-49)41(54)45(33,55)39(53)40(56-32)57-42/h1-2,4-5,7-8,14,16-18,28,31,33,39-41,46-50,53-55H,3,6,9-13,15,19-23H2/t28-,31-,33-,39+,40-,41-,42-,43+,44+,45-/m1/s1. The Balaban J connectivity index is 1.10. The number of nitrogens with one attached hydrogen (secondary N) is 2. The molecular weight excluding hydrogens is 793 g/mol. The highest BCUT2D eigenvalue weighted by Crippen LogP contribution is 2.67. The molecule has 10 atom stereocenters. The molecule has 3 aliphatic heterocycles. The SMILES string of the molecule is O=C1c2cccc3c2C(=O)[C@]2(CSSCNC4=CC5=C(CC[C@H]6CCC[C@@]56[C@H]5CC[C@]6(CO)O[C@@H](O3)[C@H](O)[C@@]5(O)[C@@H]6O)CN4)C(O)=CC(Cc3cccc(CO)c3)=C[C@H]12. The number of allylic oxidation sites excluding steroid dienone is 6. The van der Waals surface area contributed by atoms with Gasteiger partial charge in [-0.25, -0.2) is 0 Å². The van der Waals surface area contributed by atoms with E-state index in [1.165, 1.54) is 33.2 Å². The molecule has 2 saturated carbocycles. The number of aliphatic hydroxyl groups excluding tert-OH is 5. The third kappa shape index (κ3) is 5.66. The summed E-state index contributed by atoms with van der Waals surface area (Å²) in [7, 11) is 2.85. The van der Waals surface area contributed by atoms with Crippen LogP contribution < -0.4 is 15.4 Å². The van der Waals surface area contributed by atoms with Gasteiger partial charge in [0, 0.05) is 29.2 Å². The van der Waals surface area contributed by atoms with E-state index in [0.29, 0.717) is 30.8 Å². The van der Waals surface area contributed by atoms with Gasteiger partial charge in [-0.05, 0) is 96.9 Å². The molecule has 3 heterocycles. The first kappa shape index (κ1) is 39.5. The Kier molecular flexibility index (Phi) is 9.72. The van der Waals surface area contributed by atoms with E-state index in [9.17, 15) is 35.4 Å². The molecule has 0 radical (unpaired) electrons. The molecule has 14 heteroatoms. The van der Waals surface area contributed by atoms with Crippen molar-refractivity contribution in [2.24, 2.45) is 28.6 Å². The lowest BCUT2D eigenvalue weighted by Crippen LogP contribution is -2.79. The molecule has 59 heavy (non-hydrogen) atoms. The molecular formula is C45H50N2O10S2. The van der Waals surface area contributed by atoms with Crippen molar-refractivity contribution >= 4 is 33.2 Å². The number of carbonyl (C=O) groups is 2. The maximum Gasteiger partial charge on any atom is 0.229 e. The fraction of sp³-hybridized carbons (Fsp3) is 0.511. The number of ether oxygens (including phenoxy) is 2. The molecule has 3 fully saturated rings. The lowest BCUT2D eigenvalue weighted by Gasteiger charge is -2.64. The fourth-order valence-electron chi connectivity index (χ4n) is 12.3. The van der Waals surface area contributed by atoms with Crippen LogP contribution in [-0.4, -0.2) is 96.7 Å². The highest BCUT2D eigenvalue weighted by atomic mass is 33.1. The van der Waals surface area contributed by atoms with Crippen LogP contribution in [0.3, 0.4) is 0 Å². The summed E-state index contributed by atoms with van der Waals surface area (Å²) in [6.45, 7) is -0.167. The van der Waals surface area contributed by atoms with E-state index >= 15 is 4.79 Å². The van der Waals surface area contributed by atoms with Crippen LogP contribution in [-0.2, 0) is 17.8 Å². The van der Waals surface area contributed by atoms with Crippen LogP contribution in [0.5, 0.6) is 5.75 Å². The minimum atomic E-state index is -2.19. The predicted molar refractivity (Wildman–Crippen MR) is 221 cm³/mol. The molecule has 2 aromatic rings. The van der Waals surface area contributed by atoms with Crippen molar-refractivity contribution in [1.29, 1.82) is 0 Å². The second-order valence-electron chi connectivity index (χ2n) is 17.7. The second-order valence-corrected chi connectivity index (χ2v) is 20.2. The number of fused-ring (bicyclic) bond motifs is 2. The third-order valence-electron chi connectivity index (χ3n) is 15.1. The molecule has 7 bridgehead atoms. The largest absolute Gasteiger partial charge is 0.511 e. The van der Waals surface area contributed by atoms with Crippen LogP contribution in [0, 0.1) is 28.6 Å². The van der Waals surface area contributed by atoms with Gasteiger partial charge < -0.3 is 50.7 Å². The van der Waals surface area contributed by atoms with Gasteiger partial charge in [0.15, 0.2) is 11.6 Å². The summed E-state index contributed by atoms with van der Waals surface area (Å²) >= 11 is 0. The van der Waals surface area contributed by atoms with Gasteiger partial charge in [-0.2, -0.15) is 0 Å². The summed E-state index contributed by atoms with van der Waals surface area (Å²) in [6, 6.07) is 12.1. The van der Waals surface area contributed by atoms with Gasteiger partial charge in [-0.15, -0.1) is 0 Å². The number of carbonyl (C=O) groups excluding carboxylic acids is 2. The van der Waals surface area contributed by atoms with Crippen molar-refractivity contribution in [3.8, 4) is 5.75 Å². The van der Waals surface area contributed by atoms with Gasteiger partial charge in [0.05, 0.1) is 36.4 Å². The van der Waals surface area contributed by atoms with Crippen molar-refractivity contribution in [1.82, 2.24) is 10.6 Å². The highest BCUT2D eigenvalue weighted by molar-refractivity contribution is 8.76. The number of ketones is 2. The zero-order valence-electron chi connectivity index (χ0n) is 32.6. The molecule has 312 valence electrons. The zero-order chi connectivity index (χ0) is 40.9. The number of hydrogen-bond donors (Lipinski definition) is 8. The van der Waals surface area contributed by atoms with Crippen LogP contribution in [0.1, 0.15) is 76.8 Å². The Morgan fingerprint density at radius 1 is 0.949 bits per heavy atom. The van der Waals surface area contributed by atoms with E-state index in [1.807, 2.05) is 24.3 Å². The van der Waals surface area contributed by atoms with Crippen LogP contribution in [0.4, 0.5) is 0 Å². The topological polar surface area (TPSA) is 198 Å². The lowest BCUT2D eigenvalue weighted by molar-refractivity contribution is -0.384. The molecule has 10 rings (SSSR count). The number of Topliss-reactive ketones (excluding diaryl/α,β-unsaturated/α-hetero) is 2. The van der Waals surface area contributed by atoms with E-state index < -0.39 is 64.8 Å². The first-order valence-electron chi connectivity index (χ1n) is 20.7. The maximum atomic E-state index is 15.3. The summed E-state index contributed by atoms with van der Waals surface area (Å²) in [5, 5.41) is 77.6. The first-order chi connectivity index (χ1) is 28.5. The highest BCUT2D eigenvalue weighted by Gasteiger charge is 2.73. The van der Waals surface area contributed by atoms with Gasteiger partial charge in [0.1, 0.15) is 40.3 Å². The van der Waals surface area contributed by atoms with Crippen molar-refractivity contribution in [3.63, 3.8) is 0 Å². The molecule has 2 spiro atoms. The van der Waals surface area contributed by atoms with Crippen molar-refractivity contribution in [3.05, 3.63) is 111 Å². The summed E-state index contributed by atoms with van der Waals surface area (Å²) in [4.78, 5) is 30.1. The number of dihydropyridines is 1. The predicted octanol–water partition coefficient (Wildman–Crippen LogP) is 4.38. The molecule has 2 aromatic carbocycles. The summed E-state index contributed by atoms with van der Waals surface area (Å²) in [5.74, 6) is -1.42. The summed E-state index contributed by atoms with van der Waals surface area (Å²) in [6.07, 6.45) is 5.77. The Morgan fingerprint density at radius 3 is 2.61 bits per heavy atom. The fourth-order valence-corrected chi connectivity index (χ4v) is 14.5. The van der Waals surface area contributed by atoms with E-state index in [4.69, 9.17) is 9.47 Å². The minimum Gasteiger partial charge on any atom is -0.511 e. The smallest absolute Gasteiger partial charge is 0.229 e. The lowest BCUT2D eigenvalue weighted by atomic mass is 9.48. The minimum absolute atomic E-state index is 0.0465. The molecule has 1 saturated heterocycles. The van der Waals surface area contributed by atoms with Crippen LogP contribution in [0.25, 0.3) is 0 Å². The van der Waals surface area contributed by atoms with Gasteiger partial charge in [0.25, 0.3) is 0 Å². The van der Waals surface area contributed by atoms with E-state index in [1.54, 1.807) is 24.3 Å². The third-order valence-corrected chi connectivity index (χ3v) is 17.3. The first-order valence-corrected chi connectivity index (χ1v) is 23.2. The molecule has 0 amide bonds. The van der Waals surface area contributed by atoms with E-state index in [-0.39, 0.29) is 53.1 Å². The number of aliphatic hydroxyl groups is 6. The second kappa shape index (κ2) is 14.5. The van der Waals surface area contributed by atoms with Crippen LogP contribution >= 0.6 is 21.6 Å². The molecule has 8 aliphatic rings. The van der Waals surface area contributed by atoms with Gasteiger partial charge in [0.2, 0.25) is 6.29 Å². The monoisotopic (exact) mass is 842 g/mol. The average Bonchev–Trinajstić information content (AvgIpc) is 3.69. The molecule has 8 N–H and O–H groups in total. The normalized spacial score (nSPS) is 38.6. The average molecular weight is 843 g/mol. The molecule has 0 unspecified atom stereocenters. The van der Waals surface area contributed by atoms with Gasteiger partial charge in [-0.3, -0.25) is 9.59 Å². The molecule has 5 aliphatic carbocycles. The zero-order valence-corrected chi connectivity index (χ0v) is 34.2. The number of hydrogen-bond acceptors (Lipinski definition) is 14.